The number of hydrogen-bond donors (Lipinski definition) is 2. The van der Waals surface area contributed by atoms with Gasteiger partial charge in [0.15, 0.2) is 11.7 Å². The van der Waals surface area contributed by atoms with Gasteiger partial charge in [0, 0.05) is 24.3 Å². The predicted octanol–water partition coefficient (Wildman–Crippen LogP) is 1.97. The van der Waals surface area contributed by atoms with E-state index in [4.69, 9.17) is 4.42 Å². The van der Waals surface area contributed by atoms with Gasteiger partial charge in [-0.25, -0.2) is 9.37 Å². The van der Waals surface area contributed by atoms with Gasteiger partial charge < -0.3 is 4.42 Å². The first-order valence-corrected chi connectivity index (χ1v) is 7.41. The van der Waals surface area contributed by atoms with Crippen molar-refractivity contribution in [1.29, 1.82) is 0 Å². The van der Waals surface area contributed by atoms with Crippen molar-refractivity contribution in [3.8, 4) is 11.3 Å². The van der Waals surface area contributed by atoms with Crippen LogP contribution in [0.4, 0.5) is 4.39 Å². The van der Waals surface area contributed by atoms with E-state index in [1.165, 1.54) is 18.3 Å². The van der Waals surface area contributed by atoms with E-state index in [0.29, 0.717) is 23.6 Å². The summed E-state index contributed by atoms with van der Waals surface area (Å²) in [4.78, 5) is 27.1. The predicted molar refractivity (Wildman–Crippen MR) is 79.2 cm³/mol. The molecule has 120 valence electrons. The topological polar surface area (TPSA) is 84.2 Å². The minimum Gasteiger partial charge on any atom is -0.441 e. The molecule has 0 saturated heterocycles. The number of halogens is 1. The van der Waals surface area contributed by atoms with Gasteiger partial charge in [-0.3, -0.25) is 20.4 Å². The standard InChI is InChI=1S/C16H16FN3O3/c17-12-5-3-10(4-6-12)13-9-18-15(23-13)8-7-14(21)19-20-16(22)11-1-2-11/h3-6,9,11H,1-2,7-8H2,(H,19,21)(H,20,22). The molecular weight excluding hydrogens is 301 g/mol. The fraction of sp³-hybridized carbons (Fsp3) is 0.312. The third kappa shape index (κ3) is 4.15. The lowest BCUT2D eigenvalue weighted by molar-refractivity contribution is -0.129. The van der Waals surface area contributed by atoms with Gasteiger partial charge in [-0.15, -0.1) is 0 Å². The van der Waals surface area contributed by atoms with Crippen molar-refractivity contribution in [3.05, 3.63) is 42.2 Å². The van der Waals surface area contributed by atoms with E-state index in [-0.39, 0.29) is 30.0 Å². The summed E-state index contributed by atoms with van der Waals surface area (Å²) in [5.74, 6) is 0.197. The highest BCUT2D eigenvalue weighted by molar-refractivity contribution is 5.84. The molecule has 1 heterocycles. The number of benzene rings is 1. The zero-order valence-corrected chi connectivity index (χ0v) is 12.3. The van der Waals surface area contributed by atoms with E-state index in [1.807, 2.05) is 0 Å². The Morgan fingerprint density at radius 3 is 2.65 bits per heavy atom. The highest BCUT2D eigenvalue weighted by atomic mass is 19.1. The Labute approximate surface area is 132 Å². The molecule has 0 atom stereocenters. The minimum atomic E-state index is -0.321. The van der Waals surface area contributed by atoms with Gasteiger partial charge in [0.1, 0.15) is 5.82 Å². The van der Waals surface area contributed by atoms with Gasteiger partial charge in [-0.1, -0.05) is 0 Å². The summed E-state index contributed by atoms with van der Waals surface area (Å²) in [6.07, 6.45) is 3.75. The lowest BCUT2D eigenvalue weighted by atomic mass is 10.2. The van der Waals surface area contributed by atoms with Crippen molar-refractivity contribution in [3.63, 3.8) is 0 Å². The monoisotopic (exact) mass is 317 g/mol. The summed E-state index contributed by atoms with van der Waals surface area (Å²) in [6, 6.07) is 5.88. The van der Waals surface area contributed by atoms with E-state index in [9.17, 15) is 14.0 Å². The van der Waals surface area contributed by atoms with Crippen molar-refractivity contribution in [2.75, 3.05) is 0 Å². The second-order valence-corrected chi connectivity index (χ2v) is 5.44. The Kier molecular flexibility index (Phi) is 4.36. The Hall–Kier alpha value is -2.70. The number of hydrogen-bond acceptors (Lipinski definition) is 4. The van der Waals surface area contributed by atoms with Gasteiger partial charge in [-0.2, -0.15) is 0 Å². The molecule has 7 heteroatoms. The quantitative estimate of drug-likeness (QED) is 0.826. The molecule has 0 aliphatic heterocycles. The maximum atomic E-state index is 12.9. The SMILES string of the molecule is O=C(CCc1ncc(-c2ccc(F)cc2)o1)NNC(=O)C1CC1. The van der Waals surface area contributed by atoms with Crippen LogP contribution in [0.15, 0.2) is 34.9 Å². The number of carbonyl (C=O) groups is 2. The number of nitrogens with one attached hydrogen (secondary N) is 2. The van der Waals surface area contributed by atoms with Gasteiger partial charge in [0.25, 0.3) is 0 Å². The van der Waals surface area contributed by atoms with E-state index < -0.39 is 0 Å². The fourth-order valence-corrected chi connectivity index (χ4v) is 2.04. The van der Waals surface area contributed by atoms with Crippen LogP contribution in [0.2, 0.25) is 0 Å². The summed E-state index contributed by atoms with van der Waals surface area (Å²) in [5.41, 5.74) is 5.48. The molecule has 2 aromatic rings. The number of oxazole rings is 1. The summed E-state index contributed by atoms with van der Waals surface area (Å²) in [5, 5.41) is 0. The first-order chi connectivity index (χ1) is 11.1. The van der Waals surface area contributed by atoms with Gasteiger partial charge >= 0.3 is 0 Å². The molecule has 0 bridgehead atoms. The Bertz CT molecular complexity index is 708. The lowest BCUT2D eigenvalue weighted by Gasteiger charge is -2.05. The van der Waals surface area contributed by atoms with Crippen LogP contribution < -0.4 is 10.9 Å². The molecule has 1 aromatic heterocycles. The molecule has 1 aromatic carbocycles. The molecular formula is C16H16FN3O3. The van der Waals surface area contributed by atoms with Crippen LogP contribution in [0.1, 0.15) is 25.2 Å². The average molecular weight is 317 g/mol. The highest BCUT2D eigenvalue weighted by Gasteiger charge is 2.29. The third-order valence-electron chi connectivity index (χ3n) is 3.52. The van der Waals surface area contributed by atoms with Crippen molar-refractivity contribution < 1.29 is 18.4 Å². The van der Waals surface area contributed by atoms with Crippen LogP contribution in [-0.4, -0.2) is 16.8 Å². The van der Waals surface area contributed by atoms with Crippen LogP contribution >= 0.6 is 0 Å². The van der Waals surface area contributed by atoms with Crippen molar-refractivity contribution in [2.45, 2.75) is 25.7 Å². The van der Waals surface area contributed by atoms with E-state index in [1.54, 1.807) is 12.1 Å². The van der Waals surface area contributed by atoms with Crippen molar-refractivity contribution in [2.24, 2.45) is 5.92 Å². The fourth-order valence-electron chi connectivity index (χ4n) is 2.04. The molecule has 0 radical (unpaired) electrons. The summed E-state index contributed by atoms with van der Waals surface area (Å²) in [7, 11) is 0. The zero-order chi connectivity index (χ0) is 16.2. The van der Waals surface area contributed by atoms with E-state index >= 15 is 0 Å². The third-order valence-corrected chi connectivity index (χ3v) is 3.52. The largest absolute Gasteiger partial charge is 0.441 e. The molecule has 2 N–H and O–H groups in total. The molecule has 6 nitrogen and oxygen atoms in total. The minimum absolute atomic E-state index is 0.0420. The van der Waals surface area contributed by atoms with Crippen molar-refractivity contribution >= 4 is 11.8 Å². The maximum Gasteiger partial charge on any atom is 0.241 e. The molecule has 1 aliphatic rings. The van der Waals surface area contributed by atoms with Crippen LogP contribution in [0.3, 0.4) is 0 Å². The lowest BCUT2D eigenvalue weighted by Crippen LogP contribution is -2.42. The van der Waals surface area contributed by atoms with Crippen LogP contribution in [0, 0.1) is 11.7 Å². The van der Waals surface area contributed by atoms with Gasteiger partial charge in [-0.05, 0) is 37.1 Å². The summed E-state index contributed by atoms with van der Waals surface area (Å²) >= 11 is 0. The Morgan fingerprint density at radius 2 is 1.96 bits per heavy atom. The molecule has 0 unspecified atom stereocenters. The molecule has 1 saturated carbocycles. The second kappa shape index (κ2) is 6.60. The molecule has 23 heavy (non-hydrogen) atoms. The van der Waals surface area contributed by atoms with Crippen LogP contribution in [0.25, 0.3) is 11.3 Å². The Morgan fingerprint density at radius 1 is 1.22 bits per heavy atom. The van der Waals surface area contributed by atoms with Crippen LogP contribution in [0.5, 0.6) is 0 Å². The molecule has 3 rings (SSSR count). The van der Waals surface area contributed by atoms with Gasteiger partial charge in [0.2, 0.25) is 11.8 Å². The smallest absolute Gasteiger partial charge is 0.241 e. The molecule has 0 spiro atoms. The number of aryl methyl sites for hydroxylation is 1. The number of rotatable bonds is 5. The Balaban J connectivity index is 1.47. The summed E-state index contributed by atoms with van der Waals surface area (Å²) in [6.45, 7) is 0. The molecule has 1 aliphatic carbocycles. The molecule has 1 fully saturated rings. The average Bonchev–Trinajstić information content (AvgIpc) is 3.30. The molecule has 2 amide bonds. The van der Waals surface area contributed by atoms with E-state index in [2.05, 4.69) is 15.8 Å². The first-order valence-electron chi connectivity index (χ1n) is 7.41. The number of amides is 2. The highest BCUT2D eigenvalue weighted by Crippen LogP contribution is 2.28. The number of carbonyl (C=O) groups excluding carboxylic acids is 2. The van der Waals surface area contributed by atoms with Crippen LogP contribution in [-0.2, 0) is 16.0 Å². The van der Waals surface area contributed by atoms with Crippen molar-refractivity contribution in [1.82, 2.24) is 15.8 Å². The normalized spacial score (nSPS) is 13.6. The summed E-state index contributed by atoms with van der Waals surface area (Å²) < 4.78 is 18.4. The zero-order valence-electron chi connectivity index (χ0n) is 12.3. The number of hydrazine groups is 1. The maximum absolute atomic E-state index is 12.9. The van der Waals surface area contributed by atoms with E-state index in [0.717, 1.165) is 12.8 Å². The number of nitrogens with zero attached hydrogens (tertiary/aromatic N) is 1. The second-order valence-electron chi connectivity index (χ2n) is 5.44. The van der Waals surface area contributed by atoms with Gasteiger partial charge in [0.05, 0.1) is 6.20 Å². The number of aromatic nitrogens is 1. The first kappa shape index (κ1) is 15.2.